The van der Waals surface area contributed by atoms with Crippen LogP contribution in [0.3, 0.4) is 0 Å². The van der Waals surface area contributed by atoms with Crippen molar-refractivity contribution in [2.75, 3.05) is 6.61 Å². The molecule has 0 aliphatic rings. The van der Waals surface area contributed by atoms with Crippen molar-refractivity contribution in [1.82, 2.24) is 0 Å². The number of aryl methyl sites for hydroxylation is 1. The maximum atomic E-state index is 12.9. The van der Waals surface area contributed by atoms with E-state index in [1.54, 1.807) is 0 Å². The molecule has 0 aromatic heterocycles. The average molecular weight is 441 g/mol. The van der Waals surface area contributed by atoms with Crippen LogP contribution in [0.15, 0.2) is 60.7 Å². The number of hydrogen-bond donors (Lipinski definition) is 0. The summed E-state index contributed by atoms with van der Waals surface area (Å²) in [7, 11) is 0. The molecule has 0 aliphatic carbocycles. The Hall–Kier alpha value is -2.87. The second kappa shape index (κ2) is 11.3. The summed E-state index contributed by atoms with van der Waals surface area (Å²) in [6, 6.07) is 21.5. The summed E-state index contributed by atoms with van der Waals surface area (Å²) in [4.78, 5) is 12.9. The molecular formula is C31H36O2. The number of carbonyl (C=O) groups excluding carboxylic acids is 1. The largest absolute Gasteiger partial charge is 0.462 e. The Labute approximate surface area is 197 Å². The molecule has 4 aromatic rings. The molecule has 4 aromatic carbocycles. The smallest absolute Gasteiger partial charge is 0.338 e. The molecule has 0 fully saturated rings. The van der Waals surface area contributed by atoms with Crippen LogP contribution >= 0.6 is 0 Å². The fourth-order valence-electron chi connectivity index (χ4n) is 5.05. The van der Waals surface area contributed by atoms with Crippen molar-refractivity contribution in [3.8, 4) is 0 Å². The van der Waals surface area contributed by atoms with Crippen molar-refractivity contribution >= 4 is 38.3 Å². The molecule has 0 bridgehead atoms. The molecule has 0 N–H and O–H groups in total. The van der Waals surface area contributed by atoms with Gasteiger partial charge in [0.1, 0.15) is 0 Å². The van der Waals surface area contributed by atoms with Crippen LogP contribution in [-0.4, -0.2) is 12.6 Å². The van der Waals surface area contributed by atoms with Crippen LogP contribution in [0, 0.1) is 0 Å². The van der Waals surface area contributed by atoms with Crippen molar-refractivity contribution in [2.45, 2.75) is 71.6 Å². The Bertz CT molecular complexity index is 1240. The van der Waals surface area contributed by atoms with Crippen molar-refractivity contribution in [1.29, 1.82) is 0 Å². The Balaban J connectivity index is 1.69. The summed E-state index contributed by atoms with van der Waals surface area (Å²) in [6.45, 7) is 4.53. The predicted molar refractivity (Wildman–Crippen MR) is 141 cm³/mol. The summed E-state index contributed by atoms with van der Waals surface area (Å²) in [5.74, 6) is -0.203. The van der Waals surface area contributed by atoms with E-state index < -0.39 is 0 Å². The number of ether oxygens (including phenoxy) is 1. The lowest BCUT2D eigenvalue weighted by Gasteiger charge is -2.15. The molecule has 172 valence electrons. The number of fused-ring (bicyclic) bond motifs is 6. The van der Waals surface area contributed by atoms with Crippen molar-refractivity contribution < 1.29 is 9.53 Å². The molecule has 0 unspecified atom stereocenters. The van der Waals surface area contributed by atoms with E-state index in [-0.39, 0.29) is 5.97 Å². The molecule has 0 spiro atoms. The van der Waals surface area contributed by atoms with Crippen LogP contribution in [0.1, 0.15) is 81.1 Å². The van der Waals surface area contributed by atoms with Crippen LogP contribution in [0.25, 0.3) is 32.3 Å². The molecule has 0 saturated carbocycles. The van der Waals surface area contributed by atoms with Gasteiger partial charge in [-0.15, -0.1) is 0 Å². The first-order valence-corrected chi connectivity index (χ1v) is 12.8. The van der Waals surface area contributed by atoms with E-state index in [1.807, 2.05) is 6.92 Å². The highest BCUT2D eigenvalue weighted by Gasteiger charge is 2.17. The maximum Gasteiger partial charge on any atom is 0.338 e. The second-order valence-corrected chi connectivity index (χ2v) is 9.09. The third-order valence-electron chi connectivity index (χ3n) is 6.76. The lowest BCUT2D eigenvalue weighted by molar-refractivity contribution is 0.0525. The van der Waals surface area contributed by atoms with Gasteiger partial charge in [0.2, 0.25) is 0 Å². The maximum absolute atomic E-state index is 12.9. The minimum atomic E-state index is -0.203. The fourth-order valence-corrected chi connectivity index (χ4v) is 5.05. The summed E-state index contributed by atoms with van der Waals surface area (Å²) in [6.07, 6.45) is 11.2. The summed E-state index contributed by atoms with van der Waals surface area (Å²) < 4.78 is 5.46. The van der Waals surface area contributed by atoms with E-state index >= 15 is 0 Å². The molecule has 2 heteroatoms. The number of carbonyl (C=O) groups is 1. The van der Waals surface area contributed by atoms with Crippen LogP contribution in [0.4, 0.5) is 0 Å². The molecule has 0 amide bonds. The van der Waals surface area contributed by atoms with E-state index in [0.29, 0.717) is 6.61 Å². The second-order valence-electron chi connectivity index (χ2n) is 9.09. The molecule has 2 nitrogen and oxygen atoms in total. The number of esters is 1. The minimum Gasteiger partial charge on any atom is -0.462 e. The van der Waals surface area contributed by atoms with E-state index in [1.165, 1.54) is 71.9 Å². The van der Waals surface area contributed by atoms with Gasteiger partial charge in [-0.05, 0) is 69.8 Å². The van der Waals surface area contributed by atoms with Crippen LogP contribution in [0.5, 0.6) is 0 Å². The molecule has 0 atom stereocenters. The third-order valence-corrected chi connectivity index (χ3v) is 6.76. The van der Waals surface area contributed by atoms with E-state index in [2.05, 4.69) is 67.6 Å². The Morgan fingerprint density at radius 3 is 1.67 bits per heavy atom. The van der Waals surface area contributed by atoms with Gasteiger partial charge in [0.15, 0.2) is 0 Å². The van der Waals surface area contributed by atoms with Gasteiger partial charge in [0.25, 0.3) is 0 Å². The first-order chi connectivity index (χ1) is 16.2. The zero-order chi connectivity index (χ0) is 23.0. The van der Waals surface area contributed by atoms with Crippen molar-refractivity contribution in [3.63, 3.8) is 0 Å². The lowest BCUT2D eigenvalue weighted by atomic mass is 9.90. The fraction of sp³-hybridized carbons (Fsp3) is 0.387. The van der Waals surface area contributed by atoms with Crippen molar-refractivity contribution in [3.05, 3.63) is 71.8 Å². The quantitative estimate of drug-likeness (QED) is 0.132. The summed E-state index contributed by atoms with van der Waals surface area (Å²) >= 11 is 0. The van der Waals surface area contributed by atoms with Gasteiger partial charge in [0.05, 0.1) is 12.2 Å². The van der Waals surface area contributed by atoms with Crippen molar-refractivity contribution in [2.24, 2.45) is 0 Å². The van der Waals surface area contributed by atoms with Gasteiger partial charge in [-0.1, -0.05) is 100 Å². The van der Waals surface area contributed by atoms with E-state index in [0.717, 1.165) is 29.4 Å². The van der Waals surface area contributed by atoms with Crippen LogP contribution < -0.4 is 0 Å². The molecular weight excluding hydrogens is 404 g/mol. The van der Waals surface area contributed by atoms with Gasteiger partial charge in [-0.2, -0.15) is 0 Å². The topological polar surface area (TPSA) is 26.3 Å². The monoisotopic (exact) mass is 440 g/mol. The Morgan fingerprint density at radius 1 is 0.636 bits per heavy atom. The number of rotatable bonds is 11. The van der Waals surface area contributed by atoms with Gasteiger partial charge in [-0.3, -0.25) is 0 Å². The van der Waals surface area contributed by atoms with Gasteiger partial charge < -0.3 is 4.74 Å². The Morgan fingerprint density at radius 2 is 1.12 bits per heavy atom. The summed E-state index contributed by atoms with van der Waals surface area (Å²) in [5.41, 5.74) is 1.85. The molecule has 0 saturated heterocycles. The van der Waals surface area contributed by atoms with Gasteiger partial charge >= 0.3 is 5.97 Å². The van der Waals surface area contributed by atoms with Gasteiger partial charge in [-0.25, -0.2) is 4.79 Å². The summed E-state index contributed by atoms with van der Waals surface area (Å²) in [5, 5.41) is 7.29. The zero-order valence-electron chi connectivity index (χ0n) is 20.2. The highest BCUT2D eigenvalue weighted by Crippen LogP contribution is 2.36. The molecule has 0 heterocycles. The first kappa shape index (κ1) is 23.3. The Kier molecular flexibility index (Phi) is 7.99. The third kappa shape index (κ3) is 5.21. The highest BCUT2D eigenvalue weighted by atomic mass is 16.5. The molecule has 0 radical (unpaired) electrons. The number of unbranched alkanes of at least 4 members (excludes halogenated alkanes) is 7. The van der Waals surface area contributed by atoms with E-state index in [4.69, 9.17) is 4.74 Å². The average Bonchev–Trinajstić information content (AvgIpc) is 2.85. The molecule has 4 rings (SSSR count). The first-order valence-electron chi connectivity index (χ1n) is 12.8. The standard InChI is InChI=1S/C31H36O2/c1-3-5-6-7-8-9-10-11-16-23-21-29-26-19-14-12-17-24(26)25-18-13-15-20-27(25)30(29)22-28(23)31(32)33-4-2/h12-15,17-22H,3-11,16H2,1-2H3. The SMILES string of the molecule is CCCCCCCCCCc1cc2c3ccccc3c3ccccc3c2cc1C(=O)OCC. The number of hydrogen-bond acceptors (Lipinski definition) is 2. The minimum absolute atomic E-state index is 0.203. The number of benzene rings is 4. The van der Waals surface area contributed by atoms with Gasteiger partial charge in [0, 0.05) is 0 Å². The zero-order valence-corrected chi connectivity index (χ0v) is 20.2. The van der Waals surface area contributed by atoms with Crippen LogP contribution in [-0.2, 0) is 11.2 Å². The van der Waals surface area contributed by atoms with Crippen LogP contribution in [0.2, 0.25) is 0 Å². The molecule has 33 heavy (non-hydrogen) atoms. The molecule has 0 aliphatic heterocycles. The normalized spacial score (nSPS) is 11.5. The van der Waals surface area contributed by atoms with E-state index in [9.17, 15) is 4.79 Å². The predicted octanol–water partition coefficient (Wildman–Crippen LogP) is 9.01. The lowest BCUT2D eigenvalue weighted by Crippen LogP contribution is -2.08. The highest BCUT2D eigenvalue weighted by molar-refractivity contribution is 6.26.